The zero-order valence-corrected chi connectivity index (χ0v) is 8.67. The fraction of sp³-hybridized carbons (Fsp3) is 0.800. The van der Waals surface area contributed by atoms with E-state index < -0.39 is 5.54 Å². The summed E-state index contributed by atoms with van der Waals surface area (Å²) in [6.45, 7) is 4.87. The highest BCUT2D eigenvalue weighted by Gasteiger charge is 2.42. The Labute approximate surface area is 83.6 Å². The van der Waals surface area contributed by atoms with Crippen LogP contribution in [0.25, 0.3) is 0 Å². The molecular formula is C10H16N2O2. The van der Waals surface area contributed by atoms with E-state index in [4.69, 9.17) is 0 Å². The molecule has 0 unspecified atom stereocenters. The van der Waals surface area contributed by atoms with Crippen molar-refractivity contribution in [1.82, 2.24) is 10.2 Å². The van der Waals surface area contributed by atoms with Gasteiger partial charge in [-0.25, -0.2) is 0 Å². The largest absolute Gasteiger partial charge is 0.302 e. The maximum Gasteiger partial charge on any atom is 0.248 e. The van der Waals surface area contributed by atoms with Gasteiger partial charge in [0.05, 0.1) is 5.54 Å². The maximum atomic E-state index is 11.9. The first-order valence-corrected chi connectivity index (χ1v) is 5.13. The molecule has 2 fully saturated rings. The van der Waals surface area contributed by atoms with Crippen LogP contribution in [0, 0.1) is 5.92 Å². The molecule has 0 radical (unpaired) electrons. The molecule has 78 valence electrons. The van der Waals surface area contributed by atoms with Crippen molar-refractivity contribution in [3.63, 3.8) is 0 Å². The number of carbonyl (C=O) groups is 2. The molecule has 0 bridgehead atoms. The van der Waals surface area contributed by atoms with Crippen molar-refractivity contribution < 1.29 is 9.59 Å². The number of amides is 2. The van der Waals surface area contributed by atoms with Crippen LogP contribution in [0.4, 0.5) is 0 Å². The Balaban J connectivity index is 2.11. The first kappa shape index (κ1) is 9.65. The van der Waals surface area contributed by atoms with Crippen LogP contribution in [0.15, 0.2) is 0 Å². The van der Waals surface area contributed by atoms with Crippen molar-refractivity contribution in [3.05, 3.63) is 0 Å². The zero-order valence-electron chi connectivity index (χ0n) is 8.67. The standard InChI is InChI=1S/C10H16N2O2/c1-10(2)9(14)12(6-5-11-10)8(13)7-3-4-7/h7,11H,3-6H2,1-2H3. The Hall–Kier alpha value is -0.900. The summed E-state index contributed by atoms with van der Waals surface area (Å²) in [5.74, 6) is 0.0816. The lowest BCUT2D eigenvalue weighted by atomic mass is 10.0. The fourth-order valence-electron chi connectivity index (χ4n) is 1.76. The third-order valence-corrected chi connectivity index (χ3v) is 2.87. The van der Waals surface area contributed by atoms with Gasteiger partial charge in [0.25, 0.3) is 0 Å². The first-order valence-electron chi connectivity index (χ1n) is 5.13. The van der Waals surface area contributed by atoms with E-state index in [0.29, 0.717) is 13.1 Å². The Bertz CT molecular complexity index is 282. The van der Waals surface area contributed by atoms with Gasteiger partial charge in [0.15, 0.2) is 0 Å². The third kappa shape index (κ3) is 1.54. The van der Waals surface area contributed by atoms with Gasteiger partial charge in [0.2, 0.25) is 11.8 Å². The molecule has 1 heterocycles. The molecule has 2 rings (SSSR count). The minimum Gasteiger partial charge on any atom is -0.302 e. The second-order valence-corrected chi connectivity index (χ2v) is 4.62. The van der Waals surface area contributed by atoms with E-state index in [1.54, 1.807) is 0 Å². The van der Waals surface area contributed by atoms with Crippen LogP contribution < -0.4 is 5.32 Å². The Morgan fingerprint density at radius 1 is 1.50 bits per heavy atom. The summed E-state index contributed by atoms with van der Waals surface area (Å²) >= 11 is 0. The van der Waals surface area contributed by atoms with Crippen molar-refractivity contribution in [3.8, 4) is 0 Å². The van der Waals surface area contributed by atoms with Crippen LogP contribution in [-0.4, -0.2) is 35.3 Å². The highest BCUT2D eigenvalue weighted by atomic mass is 16.2. The summed E-state index contributed by atoms with van der Waals surface area (Å²) in [5, 5.41) is 3.11. The van der Waals surface area contributed by atoms with Crippen LogP contribution >= 0.6 is 0 Å². The van der Waals surface area contributed by atoms with Gasteiger partial charge in [-0.2, -0.15) is 0 Å². The molecule has 0 aromatic rings. The van der Waals surface area contributed by atoms with Crippen molar-refractivity contribution in [2.45, 2.75) is 32.2 Å². The lowest BCUT2D eigenvalue weighted by molar-refractivity contribution is -0.151. The highest BCUT2D eigenvalue weighted by Crippen LogP contribution is 2.32. The topological polar surface area (TPSA) is 49.4 Å². The first-order chi connectivity index (χ1) is 6.52. The third-order valence-electron chi connectivity index (χ3n) is 2.87. The summed E-state index contributed by atoms with van der Waals surface area (Å²) in [4.78, 5) is 25.0. The van der Waals surface area contributed by atoms with E-state index >= 15 is 0 Å². The number of hydrogen-bond acceptors (Lipinski definition) is 3. The van der Waals surface area contributed by atoms with Gasteiger partial charge in [-0.05, 0) is 26.7 Å². The van der Waals surface area contributed by atoms with Gasteiger partial charge >= 0.3 is 0 Å². The van der Waals surface area contributed by atoms with Crippen molar-refractivity contribution >= 4 is 11.8 Å². The van der Waals surface area contributed by atoms with Crippen molar-refractivity contribution in [2.75, 3.05) is 13.1 Å². The lowest BCUT2D eigenvalue weighted by Crippen LogP contribution is -2.62. The minimum absolute atomic E-state index is 0.0320. The van der Waals surface area contributed by atoms with Gasteiger partial charge in [-0.3, -0.25) is 14.5 Å². The van der Waals surface area contributed by atoms with E-state index in [2.05, 4.69) is 5.32 Å². The molecule has 4 heteroatoms. The molecule has 0 atom stereocenters. The molecule has 0 spiro atoms. The number of nitrogens with one attached hydrogen (secondary N) is 1. The molecule has 2 aliphatic rings. The number of carbonyl (C=O) groups excluding carboxylic acids is 2. The van der Waals surface area contributed by atoms with Crippen LogP contribution in [0.5, 0.6) is 0 Å². The monoisotopic (exact) mass is 196 g/mol. The van der Waals surface area contributed by atoms with Gasteiger partial charge in [0, 0.05) is 19.0 Å². The van der Waals surface area contributed by atoms with Crippen LogP contribution in [0.1, 0.15) is 26.7 Å². The SMILES string of the molecule is CC1(C)NCCN(C(=O)C2CC2)C1=O. The van der Waals surface area contributed by atoms with Crippen LogP contribution in [0.3, 0.4) is 0 Å². The molecule has 1 N–H and O–H groups in total. The van der Waals surface area contributed by atoms with Gasteiger partial charge in [-0.1, -0.05) is 0 Å². The Morgan fingerprint density at radius 3 is 2.71 bits per heavy atom. The molecule has 1 aliphatic carbocycles. The zero-order chi connectivity index (χ0) is 10.3. The minimum atomic E-state index is -0.581. The van der Waals surface area contributed by atoms with Gasteiger partial charge in [-0.15, -0.1) is 0 Å². The summed E-state index contributed by atoms with van der Waals surface area (Å²) in [5.41, 5.74) is -0.581. The smallest absolute Gasteiger partial charge is 0.248 e. The van der Waals surface area contributed by atoms with E-state index in [1.165, 1.54) is 4.90 Å². The molecule has 0 aromatic carbocycles. The number of imide groups is 1. The molecule has 1 aliphatic heterocycles. The number of nitrogens with zero attached hydrogens (tertiary/aromatic N) is 1. The fourth-order valence-corrected chi connectivity index (χ4v) is 1.76. The molecule has 1 saturated heterocycles. The normalized spacial score (nSPS) is 26.4. The van der Waals surface area contributed by atoms with E-state index in [9.17, 15) is 9.59 Å². The number of hydrogen-bond donors (Lipinski definition) is 1. The van der Waals surface area contributed by atoms with E-state index in [0.717, 1.165) is 12.8 Å². The molecular weight excluding hydrogens is 180 g/mol. The predicted molar refractivity (Wildman–Crippen MR) is 51.5 cm³/mol. The lowest BCUT2D eigenvalue weighted by Gasteiger charge is -2.36. The van der Waals surface area contributed by atoms with Gasteiger partial charge < -0.3 is 5.32 Å². The Morgan fingerprint density at radius 2 is 2.14 bits per heavy atom. The molecule has 4 nitrogen and oxygen atoms in total. The van der Waals surface area contributed by atoms with Crippen LogP contribution in [-0.2, 0) is 9.59 Å². The Kier molecular flexibility index (Phi) is 2.10. The number of piperazine rings is 1. The van der Waals surface area contributed by atoms with Crippen molar-refractivity contribution in [1.29, 1.82) is 0 Å². The molecule has 2 amide bonds. The summed E-state index contributed by atoms with van der Waals surface area (Å²) in [7, 11) is 0. The second kappa shape index (κ2) is 3.05. The average molecular weight is 196 g/mol. The molecule has 1 saturated carbocycles. The van der Waals surface area contributed by atoms with Crippen LogP contribution in [0.2, 0.25) is 0 Å². The predicted octanol–water partition coefficient (Wildman–Crippen LogP) is 0.133. The van der Waals surface area contributed by atoms with E-state index in [-0.39, 0.29) is 17.7 Å². The molecule has 14 heavy (non-hydrogen) atoms. The quantitative estimate of drug-likeness (QED) is 0.607. The number of rotatable bonds is 1. The van der Waals surface area contributed by atoms with Gasteiger partial charge in [0.1, 0.15) is 0 Å². The average Bonchev–Trinajstić information content (AvgIpc) is 2.91. The molecule has 0 aromatic heterocycles. The second-order valence-electron chi connectivity index (χ2n) is 4.62. The highest BCUT2D eigenvalue weighted by molar-refractivity contribution is 6.01. The summed E-state index contributed by atoms with van der Waals surface area (Å²) < 4.78 is 0. The van der Waals surface area contributed by atoms with Crippen molar-refractivity contribution in [2.24, 2.45) is 5.92 Å². The summed E-state index contributed by atoms with van der Waals surface area (Å²) in [6, 6.07) is 0. The maximum absolute atomic E-state index is 11.9. The van der Waals surface area contributed by atoms with E-state index in [1.807, 2.05) is 13.8 Å². The summed E-state index contributed by atoms with van der Waals surface area (Å²) in [6.07, 6.45) is 1.91.